The van der Waals surface area contributed by atoms with E-state index in [2.05, 4.69) is 27.6 Å². The molecule has 2 aromatic rings. The molecule has 0 spiro atoms. The van der Waals surface area contributed by atoms with Crippen molar-refractivity contribution in [2.75, 3.05) is 10.6 Å². The first kappa shape index (κ1) is 17.1. The molecule has 132 valence electrons. The molecule has 7 heteroatoms. The number of pyridine rings is 1. The highest BCUT2D eigenvalue weighted by Crippen LogP contribution is 2.29. The van der Waals surface area contributed by atoms with Crippen molar-refractivity contribution in [2.24, 2.45) is 11.8 Å². The van der Waals surface area contributed by atoms with Crippen molar-refractivity contribution < 1.29 is 9.59 Å². The average molecular weight is 341 g/mol. The fourth-order valence-electron chi connectivity index (χ4n) is 3.22. The summed E-state index contributed by atoms with van der Waals surface area (Å²) < 4.78 is 1.50. The summed E-state index contributed by atoms with van der Waals surface area (Å²) in [6.07, 6.45) is 10.7. The zero-order chi connectivity index (χ0) is 17.6. The summed E-state index contributed by atoms with van der Waals surface area (Å²) >= 11 is 0. The van der Waals surface area contributed by atoms with Gasteiger partial charge in [0.05, 0.1) is 23.8 Å². The van der Waals surface area contributed by atoms with E-state index in [4.69, 9.17) is 0 Å². The maximum absolute atomic E-state index is 12.4. The third-order valence-electron chi connectivity index (χ3n) is 4.46. The molecule has 0 saturated heterocycles. The summed E-state index contributed by atoms with van der Waals surface area (Å²) in [5.74, 6) is 0.519. The van der Waals surface area contributed by atoms with E-state index < -0.39 is 0 Å². The molecular weight excluding hydrogens is 318 g/mol. The number of amides is 2. The lowest BCUT2D eigenvalue weighted by Crippen LogP contribution is -2.27. The van der Waals surface area contributed by atoms with Gasteiger partial charge in [0.2, 0.25) is 11.8 Å². The van der Waals surface area contributed by atoms with Crippen molar-refractivity contribution >= 4 is 23.2 Å². The summed E-state index contributed by atoms with van der Waals surface area (Å²) in [4.78, 5) is 28.3. The number of hydrogen-bond donors (Lipinski definition) is 2. The van der Waals surface area contributed by atoms with Crippen molar-refractivity contribution in [3.63, 3.8) is 0 Å². The van der Waals surface area contributed by atoms with Crippen molar-refractivity contribution in [1.82, 2.24) is 14.8 Å². The van der Waals surface area contributed by atoms with Crippen molar-refractivity contribution in [3.8, 4) is 0 Å². The van der Waals surface area contributed by atoms with Crippen LogP contribution in [0.1, 0.15) is 32.6 Å². The van der Waals surface area contributed by atoms with E-state index in [0.29, 0.717) is 17.3 Å². The largest absolute Gasteiger partial charge is 0.323 e. The maximum atomic E-state index is 12.4. The summed E-state index contributed by atoms with van der Waals surface area (Å²) in [5.41, 5.74) is 1.26. The molecule has 3 rings (SSSR count). The van der Waals surface area contributed by atoms with E-state index in [1.165, 1.54) is 11.1 Å². The van der Waals surface area contributed by atoms with Crippen LogP contribution in [0, 0.1) is 11.8 Å². The molecule has 1 aliphatic rings. The molecule has 0 bridgehead atoms. The molecule has 7 nitrogen and oxygen atoms in total. The Morgan fingerprint density at radius 3 is 2.88 bits per heavy atom. The minimum absolute atomic E-state index is 0.0471. The highest BCUT2D eigenvalue weighted by molar-refractivity contribution is 5.92. The van der Waals surface area contributed by atoms with E-state index >= 15 is 0 Å². The third-order valence-corrected chi connectivity index (χ3v) is 4.46. The van der Waals surface area contributed by atoms with E-state index in [9.17, 15) is 9.59 Å². The zero-order valence-electron chi connectivity index (χ0n) is 14.3. The number of carbonyl (C=O) groups is 2. The lowest BCUT2D eigenvalue weighted by Gasteiger charge is -2.25. The van der Waals surface area contributed by atoms with Gasteiger partial charge in [-0.25, -0.2) is 0 Å². The van der Waals surface area contributed by atoms with Gasteiger partial charge in [-0.3, -0.25) is 19.3 Å². The lowest BCUT2D eigenvalue weighted by atomic mass is 9.82. The van der Waals surface area contributed by atoms with Crippen molar-refractivity contribution in [1.29, 1.82) is 0 Å². The lowest BCUT2D eigenvalue weighted by molar-refractivity contribution is -0.121. The number of aromatic nitrogens is 3. The first-order valence-electron chi connectivity index (χ1n) is 8.63. The predicted molar refractivity (Wildman–Crippen MR) is 94.8 cm³/mol. The summed E-state index contributed by atoms with van der Waals surface area (Å²) in [7, 11) is 0. The molecule has 0 aromatic carbocycles. The first-order valence-corrected chi connectivity index (χ1v) is 8.63. The highest BCUT2D eigenvalue weighted by atomic mass is 16.2. The topological polar surface area (TPSA) is 88.9 Å². The SMILES string of the molecule is C[C@@H]1CCC[C@H](C(=O)Nc2cnn(CC(=O)Nc3cccnc3)c2)C1. The Balaban J connectivity index is 1.51. The van der Waals surface area contributed by atoms with Gasteiger partial charge in [-0.05, 0) is 30.9 Å². The molecular formula is C18H23N5O2. The number of nitrogens with one attached hydrogen (secondary N) is 2. The summed E-state index contributed by atoms with van der Waals surface area (Å²) in [6.45, 7) is 2.27. The van der Waals surface area contributed by atoms with Gasteiger partial charge in [-0.1, -0.05) is 19.8 Å². The molecule has 2 heterocycles. The molecule has 1 saturated carbocycles. The Kier molecular flexibility index (Phi) is 5.42. The molecule has 2 atom stereocenters. The van der Waals surface area contributed by atoms with E-state index in [1.54, 1.807) is 36.9 Å². The van der Waals surface area contributed by atoms with Crippen molar-refractivity contribution in [2.45, 2.75) is 39.2 Å². The van der Waals surface area contributed by atoms with Gasteiger partial charge in [0.25, 0.3) is 0 Å². The van der Waals surface area contributed by atoms with Gasteiger partial charge in [0.1, 0.15) is 6.54 Å². The smallest absolute Gasteiger partial charge is 0.246 e. The standard InChI is InChI=1S/C18H23N5O2/c1-13-4-2-5-14(8-13)18(25)22-16-10-20-23(11-16)12-17(24)21-15-6-3-7-19-9-15/h3,6-7,9-11,13-14H,2,4-5,8,12H2,1H3,(H,21,24)(H,22,25)/t13-,14+/m1/s1. The van der Waals surface area contributed by atoms with E-state index in [0.717, 1.165) is 19.3 Å². The van der Waals surface area contributed by atoms with Crippen molar-refractivity contribution in [3.05, 3.63) is 36.9 Å². The van der Waals surface area contributed by atoms with Crippen LogP contribution in [-0.2, 0) is 16.1 Å². The minimum atomic E-state index is -0.199. The third kappa shape index (κ3) is 4.89. The van der Waals surface area contributed by atoms with Gasteiger partial charge >= 0.3 is 0 Å². The Morgan fingerprint density at radius 2 is 2.12 bits per heavy atom. The Hall–Kier alpha value is -2.70. The Morgan fingerprint density at radius 1 is 1.24 bits per heavy atom. The maximum Gasteiger partial charge on any atom is 0.246 e. The second-order valence-electron chi connectivity index (χ2n) is 6.67. The van der Waals surface area contributed by atoms with Crippen LogP contribution >= 0.6 is 0 Å². The quantitative estimate of drug-likeness (QED) is 0.875. The average Bonchev–Trinajstić information content (AvgIpc) is 3.02. The molecule has 25 heavy (non-hydrogen) atoms. The Bertz CT molecular complexity index is 728. The molecule has 0 radical (unpaired) electrons. The molecule has 2 aromatic heterocycles. The van der Waals surface area contributed by atoms with Crippen LogP contribution in [0.4, 0.5) is 11.4 Å². The molecule has 1 aliphatic carbocycles. The van der Waals surface area contributed by atoms with Gasteiger partial charge in [0.15, 0.2) is 0 Å². The molecule has 0 aliphatic heterocycles. The number of rotatable bonds is 5. The fourth-order valence-corrected chi connectivity index (χ4v) is 3.22. The summed E-state index contributed by atoms with van der Waals surface area (Å²) in [6, 6.07) is 3.52. The van der Waals surface area contributed by atoms with Crippen LogP contribution in [0.2, 0.25) is 0 Å². The zero-order valence-corrected chi connectivity index (χ0v) is 14.3. The molecule has 0 unspecified atom stereocenters. The number of carbonyl (C=O) groups excluding carboxylic acids is 2. The van der Waals surface area contributed by atoms with E-state index in [-0.39, 0.29) is 24.3 Å². The van der Waals surface area contributed by atoms with Crippen LogP contribution in [0.5, 0.6) is 0 Å². The van der Waals surface area contributed by atoms with Crippen LogP contribution in [-0.4, -0.2) is 26.6 Å². The molecule has 1 fully saturated rings. The van der Waals surface area contributed by atoms with Gasteiger partial charge in [0, 0.05) is 18.3 Å². The predicted octanol–water partition coefficient (Wildman–Crippen LogP) is 2.68. The molecule has 2 amide bonds. The van der Waals surface area contributed by atoms with Crippen LogP contribution in [0.15, 0.2) is 36.9 Å². The monoisotopic (exact) mass is 341 g/mol. The van der Waals surface area contributed by atoms with Crippen LogP contribution in [0.25, 0.3) is 0 Å². The minimum Gasteiger partial charge on any atom is -0.323 e. The number of anilines is 2. The number of nitrogens with zero attached hydrogens (tertiary/aromatic N) is 3. The van der Waals surface area contributed by atoms with Gasteiger partial charge < -0.3 is 10.6 Å². The fraction of sp³-hybridized carbons (Fsp3) is 0.444. The number of hydrogen-bond acceptors (Lipinski definition) is 4. The second-order valence-corrected chi connectivity index (χ2v) is 6.67. The summed E-state index contributed by atoms with van der Waals surface area (Å²) in [5, 5.41) is 9.80. The normalized spacial score (nSPS) is 20.0. The van der Waals surface area contributed by atoms with Gasteiger partial charge in [-0.2, -0.15) is 5.10 Å². The highest BCUT2D eigenvalue weighted by Gasteiger charge is 2.25. The Labute approximate surface area is 146 Å². The van der Waals surface area contributed by atoms with Crippen LogP contribution in [0.3, 0.4) is 0 Å². The van der Waals surface area contributed by atoms with Gasteiger partial charge in [-0.15, -0.1) is 0 Å². The molecule has 2 N–H and O–H groups in total. The second kappa shape index (κ2) is 7.92. The van der Waals surface area contributed by atoms with E-state index in [1.807, 2.05) is 0 Å². The first-order chi connectivity index (χ1) is 12.1. The van der Waals surface area contributed by atoms with Crippen LogP contribution < -0.4 is 10.6 Å².